The summed E-state index contributed by atoms with van der Waals surface area (Å²) in [6.07, 6.45) is 1.13. The Labute approximate surface area is 140 Å². The number of hydrazone groups is 1. The molecule has 0 fully saturated rings. The number of halogens is 2. The third kappa shape index (κ3) is 4.41. The van der Waals surface area contributed by atoms with E-state index in [1.807, 2.05) is 6.07 Å². The smallest absolute Gasteiger partial charge is 0.271 e. The van der Waals surface area contributed by atoms with Crippen molar-refractivity contribution in [1.29, 1.82) is 0 Å². The van der Waals surface area contributed by atoms with Crippen LogP contribution in [0.2, 0.25) is 5.02 Å². The summed E-state index contributed by atoms with van der Waals surface area (Å²) in [7, 11) is 0. The van der Waals surface area contributed by atoms with Crippen LogP contribution in [0.5, 0.6) is 0 Å². The molecule has 0 spiro atoms. The Hall–Kier alpha value is -2.18. The number of hydrogen-bond donors (Lipinski definition) is 2. The van der Waals surface area contributed by atoms with Crippen LogP contribution < -0.4 is 5.43 Å². The minimum atomic E-state index is -0.376. The molecule has 5 nitrogen and oxygen atoms in total. The van der Waals surface area contributed by atoms with Gasteiger partial charge in [-0.15, -0.1) is 0 Å². The molecular formula is C15H11BrClN3O2. The second-order valence-corrected chi connectivity index (χ2v) is 5.55. The summed E-state index contributed by atoms with van der Waals surface area (Å²) in [5.41, 5.74) is 3.81. The monoisotopic (exact) mass is 379 g/mol. The molecule has 2 aromatic carbocycles. The van der Waals surface area contributed by atoms with Crippen LogP contribution in [-0.4, -0.2) is 23.0 Å². The summed E-state index contributed by atoms with van der Waals surface area (Å²) in [6.45, 7) is 0. The molecule has 0 radical (unpaired) electrons. The number of carbonyl (C=O) groups is 1. The van der Waals surface area contributed by atoms with Crippen LogP contribution in [0.25, 0.3) is 0 Å². The number of benzene rings is 2. The van der Waals surface area contributed by atoms with Gasteiger partial charge in [-0.25, -0.2) is 5.43 Å². The van der Waals surface area contributed by atoms with Crippen LogP contribution in [0.1, 0.15) is 15.9 Å². The van der Waals surface area contributed by atoms with Gasteiger partial charge in [0.05, 0.1) is 6.21 Å². The second-order valence-electron chi connectivity index (χ2n) is 4.20. The lowest BCUT2D eigenvalue weighted by molar-refractivity contribution is 0.0955. The van der Waals surface area contributed by atoms with Crippen LogP contribution in [0.3, 0.4) is 0 Å². The first-order chi connectivity index (χ1) is 10.6. The van der Waals surface area contributed by atoms with Crippen molar-refractivity contribution in [1.82, 2.24) is 5.43 Å². The average molecular weight is 381 g/mol. The Bertz CT molecular complexity index is 730. The largest absolute Gasteiger partial charge is 0.411 e. The average Bonchev–Trinajstić information content (AvgIpc) is 2.52. The molecule has 0 atom stereocenters. The van der Waals surface area contributed by atoms with E-state index in [9.17, 15) is 4.79 Å². The molecule has 0 unspecified atom stereocenters. The first-order valence-corrected chi connectivity index (χ1v) is 7.34. The molecule has 112 valence electrons. The number of carbonyl (C=O) groups excluding carboxylic acids is 1. The van der Waals surface area contributed by atoms with Crippen LogP contribution in [0.4, 0.5) is 0 Å². The highest BCUT2D eigenvalue weighted by Gasteiger charge is 2.06. The molecule has 2 N–H and O–H groups in total. The lowest BCUT2D eigenvalue weighted by Gasteiger charge is -2.04. The molecule has 0 heterocycles. The molecular weight excluding hydrogens is 370 g/mol. The molecule has 0 saturated heterocycles. The van der Waals surface area contributed by atoms with E-state index in [0.717, 1.165) is 10.7 Å². The molecule has 0 aliphatic heterocycles. The van der Waals surface area contributed by atoms with E-state index in [-0.39, 0.29) is 5.91 Å². The Morgan fingerprint density at radius 1 is 1.18 bits per heavy atom. The molecule has 2 rings (SSSR count). The fourth-order valence-corrected chi connectivity index (χ4v) is 2.17. The molecule has 7 heteroatoms. The fourth-order valence-electron chi connectivity index (χ4n) is 1.65. The Morgan fingerprint density at radius 2 is 1.91 bits per heavy atom. The maximum atomic E-state index is 12.0. The van der Waals surface area contributed by atoms with E-state index < -0.39 is 0 Å². The normalized spacial score (nSPS) is 11.6. The molecule has 0 aromatic heterocycles. The fraction of sp³-hybridized carbons (Fsp3) is 0. The van der Waals surface area contributed by atoms with Gasteiger partial charge < -0.3 is 5.21 Å². The molecule has 0 aliphatic carbocycles. The number of oxime groups is 1. The zero-order chi connectivity index (χ0) is 15.9. The third-order valence-corrected chi connectivity index (χ3v) is 3.43. The highest BCUT2D eigenvalue weighted by Crippen LogP contribution is 2.12. The minimum Gasteiger partial charge on any atom is -0.411 e. The van der Waals surface area contributed by atoms with Crippen molar-refractivity contribution in [3.8, 4) is 0 Å². The van der Waals surface area contributed by atoms with Crippen LogP contribution >= 0.6 is 27.5 Å². The first kappa shape index (κ1) is 16.2. The van der Waals surface area contributed by atoms with Crippen molar-refractivity contribution in [3.05, 3.63) is 69.2 Å². The summed E-state index contributed by atoms with van der Waals surface area (Å²) >= 11 is 9.11. The van der Waals surface area contributed by atoms with Crippen LogP contribution in [-0.2, 0) is 0 Å². The van der Waals surface area contributed by atoms with Gasteiger partial charge >= 0.3 is 0 Å². The summed E-state index contributed by atoms with van der Waals surface area (Å²) in [5, 5.41) is 16.2. The van der Waals surface area contributed by atoms with E-state index in [4.69, 9.17) is 16.8 Å². The minimum absolute atomic E-state index is 0.294. The van der Waals surface area contributed by atoms with Gasteiger partial charge in [0.1, 0.15) is 5.71 Å². The molecule has 2 aromatic rings. The van der Waals surface area contributed by atoms with Gasteiger partial charge in [-0.2, -0.15) is 5.10 Å². The van der Waals surface area contributed by atoms with E-state index in [0.29, 0.717) is 21.9 Å². The maximum absolute atomic E-state index is 12.0. The topological polar surface area (TPSA) is 74.0 Å². The number of nitrogens with zero attached hydrogens (tertiary/aromatic N) is 2. The predicted octanol–water partition coefficient (Wildman–Crippen LogP) is 3.70. The Kier molecular flexibility index (Phi) is 5.68. The van der Waals surface area contributed by atoms with Crippen molar-refractivity contribution < 1.29 is 10.0 Å². The highest BCUT2D eigenvalue weighted by molar-refractivity contribution is 9.10. The van der Waals surface area contributed by atoms with E-state index in [2.05, 4.69) is 31.6 Å². The van der Waals surface area contributed by atoms with Crippen LogP contribution in [0, 0.1) is 0 Å². The zero-order valence-electron chi connectivity index (χ0n) is 11.2. The molecule has 1 amide bonds. The number of amides is 1. The van der Waals surface area contributed by atoms with Gasteiger partial charge in [0.2, 0.25) is 0 Å². The Morgan fingerprint density at radius 3 is 2.55 bits per heavy atom. The third-order valence-electron chi connectivity index (χ3n) is 2.68. The van der Waals surface area contributed by atoms with Gasteiger partial charge in [0, 0.05) is 20.6 Å². The van der Waals surface area contributed by atoms with E-state index in [1.54, 1.807) is 42.5 Å². The molecule has 0 bridgehead atoms. The maximum Gasteiger partial charge on any atom is 0.271 e. The van der Waals surface area contributed by atoms with Crippen molar-refractivity contribution in [2.75, 3.05) is 0 Å². The van der Waals surface area contributed by atoms with Crippen molar-refractivity contribution in [2.24, 2.45) is 10.3 Å². The SMILES string of the molecule is O=C(NN=C(C=NO)c1ccc(Cl)cc1)c1cccc(Br)c1. The van der Waals surface area contributed by atoms with Gasteiger partial charge in [-0.3, -0.25) is 4.79 Å². The number of nitrogens with one attached hydrogen (secondary N) is 1. The lowest BCUT2D eigenvalue weighted by Crippen LogP contribution is -2.20. The summed E-state index contributed by atoms with van der Waals surface area (Å²) in [5.74, 6) is -0.376. The Balaban J connectivity index is 2.20. The quantitative estimate of drug-likeness (QED) is 0.482. The van der Waals surface area contributed by atoms with Gasteiger partial charge in [0.25, 0.3) is 5.91 Å². The molecule has 22 heavy (non-hydrogen) atoms. The van der Waals surface area contributed by atoms with Gasteiger partial charge in [-0.05, 0) is 30.3 Å². The second kappa shape index (κ2) is 7.72. The molecule has 0 aliphatic rings. The number of rotatable bonds is 4. The number of hydrogen-bond acceptors (Lipinski definition) is 4. The highest BCUT2D eigenvalue weighted by atomic mass is 79.9. The first-order valence-electron chi connectivity index (χ1n) is 6.17. The van der Waals surface area contributed by atoms with Crippen molar-refractivity contribution in [2.45, 2.75) is 0 Å². The summed E-state index contributed by atoms with van der Waals surface area (Å²) in [6, 6.07) is 13.7. The van der Waals surface area contributed by atoms with E-state index in [1.165, 1.54) is 0 Å². The van der Waals surface area contributed by atoms with Crippen molar-refractivity contribution >= 4 is 45.4 Å². The van der Waals surface area contributed by atoms with E-state index >= 15 is 0 Å². The van der Waals surface area contributed by atoms with Gasteiger partial charge in [0.15, 0.2) is 0 Å². The van der Waals surface area contributed by atoms with Crippen LogP contribution in [0.15, 0.2) is 63.3 Å². The lowest BCUT2D eigenvalue weighted by atomic mass is 10.1. The zero-order valence-corrected chi connectivity index (χ0v) is 13.5. The predicted molar refractivity (Wildman–Crippen MR) is 89.9 cm³/mol. The summed E-state index contributed by atoms with van der Waals surface area (Å²) in [4.78, 5) is 12.0. The van der Waals surface area contributed by atoms with Gasteiger partial charge in [-0.1, -0.05) is 50.9 Å². The summed E-state index contributed by atoms with van der Waals surface area (Å²) < 4.78 is 0.791. The molecule has 0 saturated carbocycles. The standard InChI is InChI=1S/C15H11BrClN3O2/c16-12-3-1-2-11(8-12)15(21)20-19-14(9-18-22)10-4-6-13(17)7-5-10/h1-9,22H,(H,20,21). The van der Waals surface area contributed by atoms with Crippen molar-refractivity contribution in [3.63, 3.8) is 0 Å².